The van der Waals surface area contributed by atoms with Gasteiger partial charge in [0, 0.05) is 48.1 Å². The van der Waals surface area contributed by atoms with E-state index in [4.69, 9.17) is 4.74 Å². The predicted octanol–water partition coefficient (Wildman–Crippen LogP) is 2.85. The molecule has 0 radical (unpaired) electrons. The summed E-state index contributed by atoms with van der Waals surface area (Å²) in [6.07, 6.45) is 6.96. The second-order valence-electron chi connectivity index (χ2n) is 5.22. The van der Waals surface area contributed by atoms with Crippen LogP contribution in [0.3, 0.4) is 0 Å². The molecule has 2 aromatic rings. The van der Waals surface area contributed by atoms with Gasteiger partial charge in [-0.15, -0.1) is 24.8 Å². The Hall–Kier alpha value is -1.15. The summed E-state index contributed by atoms with van der Waals surface area (Å²) >= 11 is 3.45. The van der Waals surface area contributed by atoms with Crippen LogP contribution in [0.4, 0.5) is 5.95 Å². The second-order valence-corrected chi connectivity index (χ2v) is 6.08. The molecule has 1 aliphatic heterocycles. The van der Waals surface area contributed by atoms with Crippen molar-refractivity contribution in [3.63, 3.8) is 0 Å². The van der Waals surface area contributed by atoms with Gasteiger partial charge >= 0.3 is 0 Å². The van der Waals surface area contributed by atoms with E-state index in [2.05, 4.69) is 48.0 Å². The predicted molar refractivity (Wildman–Crippen MR) is 102 cm³/mol. The van der Waals surface area contributed by atoms with E-state index in [1.165, 1.54) is 0 Å². The fourth-order valence-electron chi connectivity index (χ4n) is 2.35. The quantitative estimate of drug-likeness (QED) is 0.794. The Labute approximate surface area is 162 Å². The summed E-state index contributed by atoms with van der Waals surface area (Å²) in [5.74, 6) is 1.42. The lowest BCUT2D eigenvalue weighted by molar-refractivity contribution is 0.302. The lowest BCUT2D eigenvalue weighted by Gasteiger charge is -2.33. The van der Waals surface area contributed by atoms with E-state index < -0.39 is 0 Å². The minimum Gasteiger partial charge on any atom is -0.486 e. The monoisotopic (exact) mass is 435 g/mol. The van der Waals surface area contributed by atoms with Crippen LogP contribution in [-0.4, -0.2) is 40.6 Å². The number of hydrogen-bond donors (Lipinski definition) is 1. The first-order valence-electron chi connectivity index (χ1n) is 7.24. The van der Waals surface area contributed by atoms with Gasteiger partial charge in [-0.1, -0.05) is 0 Å². The van der Waals surface area contributed by atoms with E-state index in [0.29, 0.717) is 18.4 Å². The summed E-state index contributed by atoms with van der Waals surface area (Å²) in [6, 6.07) is 2.31. The van der Waals surface area contributed by atoms with Crippen LogP contribution in [0.1, 0.15) is 12.5 Å². The molecule has 1 fully saturated rings. The van der Waals surface area contributed by atoms with E-state index >= 15 is 0 Å². The van der Waals surface area contributed by atoms with Crippen molar-refractivity contribution in [1.82, 2.24) is 20.3 Å². The van der Waals surface area contributed by atoms with E-state index in [9.17, 15) is 0 Å². The van der Waals surface area contributed by atoms with Gasteiger partial charge in [-0.3, -0.25) is 4.98 Å². The topological polar surface area (TPSA) is 63.2 Å². The highest BCUT2D eigenvalue weighted by molar-refractivity contribution is 9.10. The summed E-state index contributed by atoms with van der Waals surface area (Å²) < 4.78 is 6.66. The average molecular weight is 437 g/mol. The number of nitrogens with zero attached hydrogens (tertiary/aromatic N) is 4. The van der Waals surface area contributed by atoms with Crippen molar-refractivity contribution >= 4 is 46.7 Å². The first-order chi connectivity index (χ1) is 10.7. The number of nitrogens with one attached hydrogen (secondary N) is 1. The lowest BCUT2D eigenvalue weighted by atomic mass is 10.2. The number of rotatable bonds is 4. The van der Waals surface area contributed by atoms with Gasteiger partial charge in [0.25, 0.3) is 0 Å². The normalized spacial score (nSPS) is 16.8. The van der Waals surface area contributed by atoms with Gasteiger partial charge in [0.1, 0.15) is 6.61 Å². The van der Waals surface area contributed by atoms with Crippen LogP contribution < -0.4 is 15.0 Å². The highest BCUT2D eigenvalue weighted by atomic mass is 79.9. The van der Waals surface area contributed by atoms with E-state index in [0.717, 1.165) is 35.6 Å². The number of halogens is 3. The van der Waals surface area contributed by atoms with Crippen LogP contribution in [0.15, 0.2) is 35.3 Å². The van der Waals surface area contributed by atoms with Crippen LogP contribution in [0.25, 0.3) is 0 Å². The number of pyridine rings is 1. The Bertz CT molecular complexity index is 632. The number of aromatic nitrogens is 3. The SMILES string of the molecule is C[C@@H]1CNCCN1c1ncc(OCc2ccncc2Br)cn1.Cl.Cl. The van der Waals surface area contributed by atoms with Crippen molar-refractivity contribution in [2.24, 2.45) is 0 Å². The number of hydrogen-bond acceptors (Lipinski definition) is 6. The fourth-order valence-corrected chi connectivity index (χ4v) is 2.72. The van der Waals surface area contributed by atoms with E-state index in [1.807, 2.05) is 6.07 Å². The van der Waals surface area contributed by atoms with E-state index in [1.54, 1.807) is 24.8 Å². The van der Waals surface area contributed by atoms with Crippen LogP contribution >= 0.6 is 40.7 Å². The average Bonchev–Trinajstić information content (AvgIpc) is 2.55. The number of anilines is 1. The first kappa shape index (κ1) is 20.9. The third-order valence-electron chi connectivity index (χ3n) is 3.62. The summed E-state index contributed by atoms with van der Waals surface area (Å²) in [4.78, 5) is 15.1. The molecule has 0 unspecified atom stereocenters. The van der Waals surface area contributed by atoms with Crippen LogP contribution in [0, 0.1) is 0 Å². The van der Waals surface area contributed by atoms with Gasteiger partial charge < -0.3 is 15.0 Å². The van der Waals surface area contributed by atoms with Gasteiger partial charge in [-0.05, 0) is 28.9 Å². The van der Waals surface area contributed by atoms with Gasteiger partial charge in [-0.2, -0.15) is 0 Å². The zero-order valence-electron chi connectivity index (χ0n) is 13.2. The highest BCUT2D eigenvalue weighted by Crippen LogP contribution is 2.19. The molecule has 3 rings (SSSR count). The Kier molecular flexibility index (Phi) is 8.69. The summed E-state index contributed by atoms with van der Waals surface area (Å²) in [6.45, 7) is 5.46. The fraction of sp³-hybridized carbons (Fsp3) is 0.400. The van der Waals surface area contributed by atoms with Crippen LogP contribution in [0.2, 0.25) is 0 Å². The smallest absolute Gasteiger partial charge is 0.225 e. The van der Waals surface area contributed by atoms with Gasteiger partial charge in [-0.25, -0.2) is 9.97 Å². The zero-order chi connectivity index (χ0) is 15.4. The number of piperazine rings is 1. The summed E-state index contributed by atoms with van der Waals surface area (Å²) in [5.41, 5.74) is 1.04. The van der Waals surface area contributed by atoms with Crippen molar-refractivity contribution in [1.29, 1.82) is 0 Å². The molecule has 132 valence electrons. The standard InChI is InChI=1S/C15H18BrN5O.2ClH/c1-11-6-18-4-5-21(11)15-19-7-13(8-20-15)22-10-12-2-3-17-9-14(12)16;;/h2-3,7-9,11,18H,4-6,10H2,1H3;2*1H/t11-;;/m1../s1. The Balaban J connectivity index is 0.00000144. The molecule has 1 aliphatic rings. The minimum atomic E-state index is 0. The molecule has 24 heavy (non-hydrogen) atoms. The van der Waals surface area contributed by atoms with Crippen molar-refractivity contribution in [3.8, 4) is 5.75 Å². The van der Waals surface area contributed by atoms with Crippen molar-refractivity contribution in [3.05, 3.63) is 40.9 Å². The molecule has 9 heteroatoms. The molecule has 3 heterocycles. The molecule has 6 nitrogen and oxygen atoms in total. The van der Waals surface area contributed by atoms with Gasteiger partial charge in [0.15, 0.2) is 5.75 Å². The molecule has 2 aromatic heterocycles. The highest BCUT2D eigenvalue weighted by Gasteiger charge is 2.20. The first-order valence-corrected chi connectivity index (χ1v) is 8.04. The summed E-state index contributed by atoms with van der Waals surface area (Å²) in [7, 11) is 0. The number of ether oxygens (including phenoxy) is 1. The van der Waals surface area contributed by atoms with Gasteiger partial charge in [0.2, 0.25) is 5.95 Å². The molecule has 0 bridgehead atoms. The third-order valence-corrected chi connectivity index (χ3v) is 4.34. The molecule has 0 amide bonds. The molecule has 1 atom stereocenters. The Morgan fingerprint density at radius 2 is 2.04 bits per heavy atom. The molecule has 1 N–H and O–H groups in total. The van der Waals surface area contributed by atoms with Crippen molar-refractivity contribution < 1.29 is 4.74 Å². The van der Waals surface area contributed by atoms with Crippen molar-refractivity contribution in [2.75, 3.05) is 24.5 Å². The van der Waals surface area contributed by atoms with Gasteiger partial charge in [0.05, 0.1) is 12.4 Å². The van der Waals surface area contributed by atoms with Crippen molar-refractivity contribution in [2.45, 2.75) is 19.6 Å². The second kappa shape index (κ2) is 9.98. The minimum absolute atomic E-state index is 0. The maximum atomic E-state index is 5.73. The maximum absolute atomic E-state index is 5.73. The molecule has 0 spiro atoms. The molecule has 0 aromatic carbocycles. The molecular weight excluding hydrogens is 417 g/mol. The van der Waals surface area contributed by atoms with E-state index in [-0.39, 0.29) is 24.8 Å². The third kappa shape index (κ3) is 5.17. The maximum Gasteiger partial charge on any atom is 0.225 e. The molecular formula is C15H20BrCl2N5O. The zero-order valence-corrected chi connectivity index (χ0v) is 16.4. The van der Waals surface area contributed by atoms with Crippen LogP contribution in [-0.2, 0) is 6.61 Å². The van der Waals surface area contributed by atoms with Crippen LogP contribution in [0.5, 0.6) is 5.75 Å². The Morgan fingerprint density at radius 1 is 1.29 bits per heavy atom. The molecule has 0 saturated carbocycles. The largest absolute Gasteiger partial charge is 0.486 e. The lowest BCUT2D eigenvalue weighted by Crippen LogP contribution is -2.50. The Morgan fingerprint density at radius 3 is 2.71 bits per heavy atom. The molecule has 1 saturated heterocycles. The molecule has 0 aliphatic carbocycles. The summed E-state index contributed by atoms with van der Waals surface area (Å²) in [5, 5.41) is 3.36.